The Morgan fingerprint density at radius 2 is 1.50 bits per heavy atom. The molecule has 0 aliphatic heterocycles. The van der Waals surface area contributed by atoms with E-state index in [4.69, 9.17) is 9.47 Å². The molecule has 0 amide bonds. The summed E-state index contributed by atoms with van der Waals surface area (Å²) >= 11 is 0. The van der Waals surface area contributed by atoms with Gasteiger partial charge in [-0.05, 0) is 92.0 Å². The normalized spacial score (nSPS) is 23.7. The summed E-state index contributed by atoms with van der Waals surface area (Å²) in [5.74, 6) is -2.54. The fraction of sp³-hybridized carbons (Fsp3) is 0.594. The minimum absolute atomic E-state index is 0.0111. The van der Waals surface area contributed by atoms with Gasteiger partial charge in [0.25, 0.3) is 0 Å². The third kappa shape index (κ3) is 7.12. The summed E-state index contributed by atoms with van der Waals surface area (Å²) < 4.78 is 55.2. The first kappa shape index (κ1) is 28.5. The Morgan fingerprint density at radius 3 is 2.18 bits per heavy atom. The van der Waals surface area contributed by atoms with Gasteiger partial charge < -0.3 is 9.47 Å². The van der Waals surface area contributed by atoms with Crippen LogP contribution in [0.15, 0.2) is 30.3 Å². The maximum Gasteiger partial charge on any atom is 0.314 e. The molecule has 38 heavy (non-hydrogen) atoms. The number of halogens is 3. The Bertz CT molecular complexity index is 1070. The minimum atomic E-state index is -1.08. The fourth-order valence-electron chi connectivity index (χ4n) is 5.97. The molecule has 0 radical (unpaired) electrons. The topological polar surface area (TPSA) is 35.5 Å². The van der Waals surface area contributed by atoms with Gasteiger partial charge in [0.1, 0.15) is 0 Å². The molecule has 0 spiro atoms. The quantitative estimate of drug-likeness (QED) is 0.174. The number of rotatable bonds is 10. The van der Waals surface area contributed by atoms with Crippen molar-refractivity contribution in [3.8, 4) is 11.5 Å². The molecule has 0 aromatic heterocycles. The maximum absolute atomic E-state index is 14.8. The summed E-state index contributed by atoms with van der Waals surface area (Å²) in [6.45, 7) is 4.84. The molecule has 2 fully saturated rings. The van der Waals surface area contributed by atoms with Crippen molar-refractivity contribution in [2.24, 2.45) is 11.8 Å². The zero-order valence-corrected chi connectivity index (χ0v) is 22.7. The largest absolute Gasteiger partial charge is 0.491 e. The van der Waals surface area contributed by atoms with Crippen LogP contribution in [0.2, 0.25) is 0 Å². The molecule has 2 aliphatic rings. The van der Waals surface area contributed by atoms with Crippen molar-refractivity contribution in [1.82, 2.24) is 0 Å². The van der Waals surface area contributed by atoms with Crippen LogP contribution in [0.3, 0.4) is 0 Å². The van der Waals surface area contributed by atoms with E-state index in [1.165, 1.54) is 12.1 Å². The summed E-state index contributed by atoms with van der Waals surface area (Å²) in [5, 5.41) is 0. The van der Waals surface area contributed by atoms with Crippen LogP contribution in [-0.2, 0) is 4.79 Å². The molecule has 0 heterocycles. The highest BCUT2D eigenvalue weighted by molar-refractivity contribution is 5.75. The first-order valence-electron chi connectivity index (χ1n) is 14.5. The summed E-state index contributed by atoms with van der Waals surface area (Å²) in [7, 11) is 0. The lowest BCUT2D eigenvalue weighted by Crippen LogP contribution is -2.25. The SMILES string of the molecule is CCCCCCOc1ccc(C2CCC(C(=O)Oc3ccc(C4CCC(C)CC4)c(F)c3F)CC2)cc1F. The lowest BCUT2D eigenvalue weighted by atomic mass is 9.78. The van der Waals surface area contributed by atoms with Gasteiger partial charge in [0.05, 0.1) is 12.5 Å². The average molecular weight is 531 g/mol. The zero-order valence-electron chi connectivity index (χ0n) is 22.7. The molecule has 2 aromatic rings. The number of unbranched alkanes of at least 4 members (excludes halogenated alkanes) is 3. The van der Waals surface area contributed by atoms with Gasteiger partial charge in [0.2, 0.25) is 5.82 Å². The third-order valence-corrected chi connectivity index (χ3v) is 8.49. The van der Waals surface area contributed by atoms with Crippen molar-refractivity contribution in [2.75, 3.05) is 6.61 Å². The molecule has 208 valence electrons. The zero-order chi connectivity index (χ0) is 27.1. The van der Waals surface area contributed by atoms with Gasteiger partial charge in [-0.3, -0.25) is 4.79 Å². The number of hydrogen-bond donors (Lipinski definition) is 0. The summed E-state index contributed by atoms with van der Waals surface area (Å²) in [4.78, 5) is 12.8. The van der Waals surface area contributed by atoms with Crippen LogP contribution in [0.25, 0.3) is 0 Å². The van der Waals surface area contributed by atoms with E-state index < -0.39 is 17.6 Å². The number of hydrogen-bond acceptors (Lipinski definition) is 3. The summed E-state index contributed by atoms with van der Waals surface area (Å²) in [6.07, 6.45) is 10.5. The first-order chi connectivity index (χ1) is 18.4. The van der Waals surface area contributed by atoms with Gasteiger partial charge >= 0.3 is 5.97 Å². The summed E-state index contributed by atoms with van der Waals surface area (Å²) in [5.41, 5.74) is 1.28. The highest BCUT2D eigenvalue weighted by atomic mass is 19.2. The molecule has 2 aromatic carbocycles. The predicted molar refractivity (Wildman–Crippen MR) is 143 cm³/mol. The smallest absolute Gasteiger partial charge is 0.314 e. The Kier molecular flexibility index (Phi) is 10.1. The van der Waals surface area contributed by atoms with E-state index in [1.807, 2.05) is 6.07 Å². The van der Waals surface area contributed by atoms with Crippen molar-refractivity contribution in [3.05, 3.63) is 58.9 Å². The van der Waals surface area contributed by atoms with Gasteiger partial charge in [-0.1, -0.05) is 58.1 Å². The Balaban J connectivity index is 1.28. The highest BCUT2D eigenvalue weighted by Gasteiger charge is 2.31. The fourth-order valence-corrected chi connectivity index (χ4v) is 5.97. The monoisotopic (exact) mass is 530 g/mol. The number of ether oxygens (including phenoxy) is 2. The van der Waals surface area contributed by atoms with Gasteiger partial charge in [0.15, 0.2) is 23.1 Å². The molecule has 0 N–H and O–H groups in total. The minimum Gasteiger partial charge on any atom is -0.491 e. The van der Waals surface area contributed by atoms with Crippen molar-refractivity contribution < 1.29 is 27.4 Å². The molecule has 6 heteroatoms. The van der Waals surface area contributed by atoms with Crippen LogP contribution in [0, 0.1) is 29.3 Å². The van der Waals surface area contributed by atoms with Crippen LogP contribution in [0.4, 0.5) is 13.2 Å². The Morgan fingerprint density at radius 1 is 0.816 bits per heavy atom. The van der Waals surface area contributed by atoms with Gasteiger partial charge in [-0.2, -0.15) is 4.39 Å². The molecule has 2 aliphatic carbocycles. The predicted octanol–water partition coefficient (Wildman–Crippen LogP) is 9.24. The molecule has 3 nitrogen and oxygen atoms in total. The first-order valence-corrected chi connectivity index (χ1v) is 14.5. The lowest BCUT2D eigenvalue weighted by molar-refractivity contribution is -0.140. The molecule has 0 unspecified atom stereocenters. The van der Waals surface area contributed by atoms with Crippen molar-refractivity contribution in [3.63, 3.8) is 0 Å². The molecule has 4 rings (SSSR count). The molecule has 0 bridgehead atoms. The molecule has 0 atom stereocenters. The van der Waals surface area contributed by atoms with Crippen LogP contribution in [-0.4, -0.2) is 12.6 Å². The van der Waals surface area contributed by atoms with Crippen molar-refractivity contribution in [2.45, 2.75) is 103 Å². The van der Waals surface area contributed by atoms with E-state index in [9.17, 15) is 18.0 Å². The van der Waals surface area contributed by atoms with Crippen LogP contribution < -0.4 is 9.47 Å². The van der Waals surface area contributed by atoms with Crippen LogP contribution in [0.5, 0.6) is 11.5 Å². The molecule has 2 saturated carbocycles. The van der Waals surface area contributed by atoms with Gasteiger partial charge in [-0.25, -0.2) is 8.78 Å². The second kappa shape index (κ2) is 13.5. The summed E-state index contributed by atoms with van der Waals surface area (Å²) in [6, 6.07) is 8.11. The van der Waals surface area contributed by atoms with Gasteiger partial charge in [-0.15, -0.1) is 0 Å². The average Bonchev–Trinajstić information content (AvgIpc) is 2.93. The lowest BCUT2D eigenvalue weighted by Gasteiger charge is -2.28. The van der Waals surface area contributed by atoms with E-state index in [2.05, 4.69) is 13.8 Å². The van der Waals surface area contributed by atoms with E-state index in [0.29, 0.717) is 43.8 Å². The number of carbonyl (C=O) groups is 1. The van der Waals surface area contributed by atoms with Crippen molar-refractivity contribution in [1.29, 1.82) is 0 Å². The maximum atomic E-state index is 14.8. The van der Waals surface area contributed by atoms with E-state index in [-0.39, 0.29) is 35.1 Å². The van der Waals surface area contributed by atoms with Crippen LogP contribution in [0.1, 0.15) is 114 Å². The highest BCUT2D eigenvalue weighted by Crippen LogP contribution is 2.40. The number of carbonyl (C=O) groups excluding carboxylic acids is 1. The standard InChI is InChI=1S/C32H41F3O3/c1-3-4-5-6-19-37-28-17-15-25(20-27(28)33)22-11-13-24(14-12-22)32(36)38-29-18-16-26(30(34)31(29)35)23-9-7-21(2)8-10-23/h15-18,20-24H,3-14,19H2,1-2H3. The molecular weight excluding hydrogens is 489 g/mol. The second-order valence-corrected chi connectivity index (χ2v) is 11.3. The third-order valence-electron chi connectivity index (χ3n) is 8.49. The number of benzene rings is 2. The van der Waals surface area contributed by atoms with E-state index in [1.54, 1.807) is 12.1 Å². The molecule has 0 saturated heterocycles. The van der Waals surface area contributed by atoms with Crippen LogP contribution >= 0.6 is 0 Å². The van der Waals surface area contributed by atoms with Crippen molar-refractivity contribution >= 4 is 5.97 Å². The van der Waals surface area contributed by atoms with E-state index in [0.717, 1.165) is 56.9 Å². The Labute approximate surface area is 225 Å². The second-order valence-electron chi connectivity index (χ2n) is 11.3. The Hall–Kier alpha value is -2.50. The van der Waals surface area contributed by atoms with E-state index >= 15 is 0 Å². The van der Waals surface area contributed by atoms with Gasteiger partial charge in [0, 0.05) is 0 Å². The number of esters is 1. The molecular formula is C32H41F3O3.